The zero-order valence-electron chi connectivity index (χ0n) is 13.9. The Labute approximate surface area is 146 Å². The molecule has 0 amide bonds. The van der Waals surface area contributed by atoms with Crippen LogP contribution in [0.3, 0.4) is 0 Å². The Bertz CT molecular complexity index is 1010. The summed E-state index contributed by atoms with van der Waals surface area (Å²) in [7, 11) is 0. The fourth-order valence-electron chi connectivity index (χ4n) is 3.17. The van der Waals surface area contributed by atoms with E-state index in [0.717, 1.165) is 29.7 Å². The largest absolute Gasteiger partial charge is 0.494 e. The van der Waals surface area contributed by atoms with Crippen molar-refractivity contribution in [3.63, 3.8) is 0 Å². The molecule has 0 saturated heterocycles. The van der Waals surface area contributed by atoms with Gasteiger partial charge >= 0.3 is 0 Å². The third kappa shape index (κ3) is 3.21. The minimum absolute atomic E-state index is 0.0553. The van der Waals surface area contributed by atoms with Crippen LogP contribution in [-0.4, -0.2) is 21.3 Å². The molecule has 0 aliphatic carbocycles. The highest BCUT2D eigenvalue weighted by molar-refractivity contribution is 5.83. The molecule has 0 fully saturated rings. The molecular weight excluding hydrogens is 312 g/mol. The van der Waals surface area contributed by atoms with Crippen LogP contribution in [0.1, 0.15) is 12.2 Å². The van der Waals surface area contributed by atoms with Crippen LogP contribution >= 0.6 is 0 Å². The smallest absolute Gasteiger partial charge is 0.135 e. The summed E-state index contributed by atoms with van der Waals surface area (Å²) in [6.45, 7) is 1.33. The highest BCUT2D eigenvalue weighted by Gasteiger charge is 2.09. The molecule has 1 heterocycles. The van der Waals surface area contributed by atoms with Crippen LogP contribution in [0.5, 0.6) is 5.75 Å². The first kappa shape index (κ1) is 15.7. The summed E-state index contributed by atoms with van der Waals surface area (Å²) in [5, 5.41) is 11.9. The molecule has 0 aliphatic heterocycles. The summed E-state index contributed by atoms with van der Waals surface area (Å²) in [6, 6.07) is 22.4. The molecule has 1 aromatic heterocycles. The number of benzene rings is 3. The van der Waals surface area contributed by atoms with Crippen molar-refractivity contribution in [1.82, 2.24) is 9.55 Å². The van der Waals surface area contributed by atoms with Gasteiger partial charge in [-0.3, -0.25) is 0 Å². The number of aryl methyl sites for hydroxylation is 1. The lowest BCUT2D eigenvalue weighted by Gasteiger charge is -2.10. The number of aromatic nitrogens is 2. The summed E-state index contributed by atoms with van der Waals surface area (Å²) >= 11 is 0. The van der Waals surface area contributed by atoms with Crippen LogP contribution in [0, 0.1) is 0 Å². The van der Waals surface area contributed by atoms with E-state index in [4.69, 9.17) is 4.74 Å². The average Bonchev–Trinajstić information content (AvgIpc) is 3.03. The maximum absolute atomic E-state index is 9.54. The zero-order chi connectivity index (χ0) is 17.1. The predicted molar refractivity (Wildman–Crippen MR) is 99.7 cm³/mol. The van der Waals surface area contributed by atoms with Crippen molar-refractivity contribution in [2.75, 3.05) is 6.61 Å². The second-order valence-corrected chi connectivity index (χ2v) is 6.04. The van der Waals surface area contributed by atoms with Gasteiger partial charge in [-0.05, 0) is 41.5 Å². The quantitative estimate of drug-likeness (QED) is 0.540. The molecular formula is C21H20N2O2. The Balaban J connectivity index is 1.42. The monoisotopic (exact) mass is 332 g/mol. The number of fused-ring (bicyclic) bond motifs is 2. The van der Waals surface area contributed by atoms with E-state index in [1.807, 2.05) is 42.5 Å². The van der Waals surface area contributed by atoms with Crippen molar-refractivity contribution in [2.45, 2.75) is 19.6 Å². The third-order valence-electron chi connectivity index (χ3n) is 4.39. The van der Waals surface area contributed by atoms with Crippen LogP contribution in [-0.2, 0) is 13.2 Å². The number of nitrogens with zero attached hydrogens (tertiary/aromatic N) is 2. The second-order valence-electron chi connectivity index (χ2n) is 6.04. The third-order valence-corrected chi connectivity index (χ3v) is 4.39. The fourth-order valence-corrected chi connectivity index (χ4v) is 3.17. The van der Waals surface area contributed by atoms with E-state index in [0.29, 0.717) is 12.4 Å². The number of hydrogen-bond acceptors (Lipinski definition) is 3. The van der Waals surface area contributed by atoms with Gasteiger partial charge in [0, 0.05) is 6.54 Å². The van der Waals surface area contributed by atoms with Crippen LogP contribution < -0.4 is 4.74 Å². The zero-order valence-corrected chi connectivity index (χ0v) is 13.9. The summed E-state index contributed by atoms with van der Waals surface area (Å²) in [4.78, 5) is 4.47. The standard InChI is InChI=1S/C21H20N2O2/c24-15-21-22-19-8-3-4-9-20(19)23(21)12-5-13-25-18-11-10-16-6-1-2-7-17(16)14-18/h1-4,6-11,14,24H,5,12-13,15H2. The van der Waals surface area contributed by atoms with E-state index >= 15 is 0 Å². The van der Waals surface area contributed by atoms with Crippen LogP contribution in [0.25, 0.3) is 21.8 Å². The van der Waals surface area contributed by atoms with Gasteiger partial charge in [-0.1, -0.05) is 42.5 Å². The van der Waals surface area contributed by atoms with Crippen LogP contribution in [0.4, 0.5) is 0 Å². The van der Waals surface area contributed by atoms with Crippen molar-refractivity contribution < 1.29 is 9.84 Å². The van der Waals surface area contributed by atoms with Gasteiger partial charge in [-0.2, -0.15) is 0 Å². The Hall–Kier alpha value is -2.85. The predicted octanol–water partition coefficient (Wildman–Crippen LogP) is 4.15. The number of aliphatic hydroxyl groups excluding tert-OH is 1. The maximum Gasteiger partial charge on any atom is 0.135 e. The minimum Gasteiger partial charge on any atom is -0.494 e. The first-order chi connectivity index (χ1) is 12.3. The molecule has 0 radical (unpaired) electrons. The van der Waals surface area contributed by atoms with Crippen molar-refractivity contribution in [1.29, 1.82) is 0 Å². The Morgan fingerprint density at radius 3 is 2.60 bits per heavy atom. The number of hydrogen-bond donors (Lipinski definition) is 1. The number of ether oxygens (including phenoxy) is 1. The molecule has 0 saturated carbocycles. The first-order valence-electron chi connectivity index (χ1n) is 8.52. The topological polar surface area (TPSA) is 47.3 Å². The Kier molecular flexibility index (Phi) is 4.36. The molecule has 4 nitrogen and oxygen atoms in total. The molecule has 4 aromatic rings. The molecule has 0 bridgehead atoms. The van der Waals surface area contributed by atoms with E-state index in [1.54, 1.807) is 0 Å². The van der Waals surface area contributed by atoms with Gasteiger partial charge in [-0.25, -0.2) is 4.98 Å². The van der Waals surface area contributed by atoms with Gasteiger partial charge < -0.3 is 14.4 Å². The average molecular weight is 332 g/mol. The first-order valence-corrected chi connectivity index (χ1v) is 8.52. The van der Waals surface area contributed by atoms with Crippen LogP contribution in [0.2, 0.25) is 0 Å². The summed E-state index contributed by atoms with van der Waals surface area (Å²) in [5.74, 6) is 1.59. The van der Waals surface area contributed by atoms with Gasteiger partial charge in [0.25, 0.3) is 0 Å². The SMILES string of the molecule is OCc1nc2ccccc2n1CCCOc1ccc2ccccc2c1. The molecule has 0 atom stereocenters. The molecule has 0 aliphatic rings. The lowest BCUT2D eigenvalue weighted by molar-refractivity contribution is 0.261. The van der Waals surface area contributed by atoms with E-state index in [-0.39, 0.29) is 6.61 Å². The second kappa shape index (κ2) is 6.95. The van der Waals surface area contributed by atoms with Crippen molar-refractivity contribution in [3.8, 4) is 5.75 Å². The van der Waals surface area contributed by atoms with Gasteiger partial charge in [-0.15, -0.1) is 0 Å². The van der Waals surface area contributed by atoms with Crippen molar-refractivity contribution >= 4 is 21.8 Å². The van der Waals surface area contributed by atoms with Gasteiger partial charge in [0.2, 0.25) is 0 Å². The maximum atomic E-state index is 9.54. The number of rotatable bonds is 6. The van der Waals surface area contributed by atoms with Crippen LogP contribution in [0.15, 0.2) is 66.7 Å². The van der Waals surface area contributed by atoms with E-state index in [9.17, 15) is 5.11 Å². The molecule has 0 spiro atoms. The van der Waals surface area contributed by atoms with E-state index in [1.165, 1.54) is 10.8 Å². The number of aliphatic hydroxyl groups is 1. The normalized spacial score (nSPS) is 11.2. The van der Waals surface area contributed by atoms with Gasteiger partial charge in [0.15, 0.2) is 0 Å². The summed E-state index contributed by atoms with van der Waals surface area (Å²) in [6.07, 6.45) is 0.847. The summed E-state index contributed by atoms with van der Waals surface area (Å²) in [5.41, 5.74) is 1.97. The molecule has 0 unspecified atom stereocenters. The molecule has 3 aromatic carbocycles. The molecule has 4 rings (SSSR count). The fraction of sp³-hybridized carbons (Fsp3) is 0.190. The molecule has 4 heteroatoms. The number of para-hydroxylation sites is 2. The summed E-state index contributed by atoms with van der Waals surface area (Å²) < 4.78 is 7.97. The number of imidazole rings is 1. The molecule has 25 heavy (non-hydrogen) atoms. The Morgan fingerprint density at radius 2 is 1.72 bits per heavy atom. The Morgan fingerprint density at radius 1 is 0.920 bits per heavy atom. The van der Waals surface area contributed by atoms with E-state index in [2.05, 4.69) is 33.8 Å². The highest BCUT2D eigenvalue weighted by atomic mass is 16.5. The minimum atomic E-state index is -0.0553. The lowest BCUT2D eigenvalue weighted by atomic mass is 10.1. The highest BCUT2D eigenvalue weighted by Crippen LogP contribution is 2.21. The molecule has 1 N–H and O–H groups in total. The van der Waals surface area contributed by atoms with E-state index < -0.39 is 0 Å². The molecule has 126 valence electrons. The lowest BCUT2D eigenvalue weighted by Crippen LogP contribution is -2.08. The van der Waals surface area contributed by atoms with Gasteiger partial charge in [0.05, 0.1) is 17.6 Å². The van der Waals surface area contributed by atoms with Crippen molar-refractivity contribution in [2.24, 2.45) is 0 Å². The van der Waals surface area contributed by atoms with Gasteiger partial charge in [0.1, 0.15) is 18.2 Å². The van der Waals surface area contributed by atoms with Crippen molar-refractivity contribution in [3.05, 3.63) is 72.6 Å².